The number of hydrogen-bond donors (Lipinski definition) is 1. The molecular weight excluding hydrogens is 347 g/mol. The number of carbonyl (C=O) groups is 1. The van der Waals surface area contributed by atoms with Crippen molar-refractivity contribution in [2.24, 2.45) is 0 Å². The molecule has 0 unspecified atom stereocenters. The Morgan fingerprint density at radius 1 is 1.30 bits per heavy atom. The van der Waals surface area contributed by atoms with Crippen LogP contribution in [0.5, 0.6) is 0 Å². The Morgan fingerprint density at radius 2 is 2.00 bits per heavy atom. The first-order valence-corrected chi connectivity index (χ1v) is 9.66. The second-order valence-electron chi connectivity index (χ2n) is 5.61. The fraction of sp³-hybridized carbons (Fsp3) is 0.818. The minimum absolute atomic E-state index is 0.0802. The van der Waals surface area contributed by atoms with E-state index in [1.165, 1.54) is 11.8 Å². The van der Waals surface area contributed by atoms with Crippen LogP contribution in [0.2, 0.25) is 0 Å². The van der Waals surface area contributed by atoms with E-state index in [0.717, 1.165) is 17.1 Å². The molecule has 2 fully saturated rings. The summed E-state index contributed by atoms with van der Waals surface area (Å²) in [5.41, 5.74) is 0. The summed E-state index contributed by atoms with van der Waals surface area (Å²) in [4.78, 5) is 12.0. The molecule has 1 aromatic heterocycles. The molecule has 0 aromatic carbocycles. The van der Waals surface area contributed by atoms with Gasteiger partial charge in [-0.1, -0.05) is 15.6 Å². The molecule has 2 heterocycles. The summed E-state index contributed by atoms with van der Waals surface area (Å²) >= 11 is 1.27. The number of piperidine rings is 1. The number of nitrogens with zero attached hydrogens (tertiary/aromatic N) is 5. The average molecular weight is 364 g/mol. The van der Waals surface area contributed by atoms with E-state index in [1.54, 1.807) is 4.68 Å². The van der Waals surface area contributed by atoms with Gasteiger partial charge in [0.25, 0.3) is 0 Å². The molecule has 12 heteroatoms. The Morgan fingerprint density at radius 3 is 2.61 bits per heavy atom. The summed E-state index contributed by atoms with van der Waals surface area (Å²) in [6, 6.07) is 0.211. The van der Waals surface area contributed by atoms with E-state index in [-0.39, 0.29) is 30.8 Å². The van der Waals surface area contributed by atoms with Crippen LogP contribution in [0.3, 0.4) is 0 Å². The van der Waals surface area contributed by atoms with E-state index in [1.807, 2.05) is 0 Å². The van der Waals surface area contributed by atoms with Gasteiger partial charge in [-0.2, -0.15) is 12.7 Å². The number of tetrazole rings is 1. The molecule has 1 aliphatic carbocycles. The maximum absolute atomic E-state index is 12.8. The number of halogens is 1. The zero-order chi connectivity index (χ0) is 16.4. The molecule has 1 saturated heterocycles. The van der Waals surface area contributed by atoms with Gasteiger partial charge >= 0.3 is 10.4 Å². The van der Waals surface area contributed by atoms with Gasteiger partial charge in [0, 0.05) is 19.1 Å². The van der Waals surface area contributed by atoms with Crippen molar-refractivity contribution >= 4 is 28.1 Å². The average Bonchev–Trinajstić information content (AvgIpc) is 3.23. The van der Waals surface area contributed by atoms with E-state index in [4.69, 9.17) is 0 Å². The number of thioether (sulfide) groups is 1. The number of amides is 1. The second kappa shape index (κ2) is 6.69. The van der Waals surface area contributed by atoms with Crippen LogP contribution in [0.4, 0.5) is 3.89 Å². The van der Waals surface area contributed by atoms with E-state index < -0.39 is 10.4 Å². The second-order valence-corrected chi connectivity index (χ2v) is 7.89. The highest BCUT2D eigenvalue weighted by molar-refractivity contribution is 7.99. The molecule has 0 spiro atoms. The highest BCUT2D eigenvalue weighted by Gasteiger charge is 2.29. The zero-order valence-corrected chi connectivity index (χ0v) is 13.9. The lowest BCUT2D eigenvalue weighted by Gasteiger charge is -2.29. The SMILES string of the molecule is O=C(CSc1nnnn1C1CC1)NC1CCN(S(=O)(=O)F)CC1. The van der Waals surface area contributed by atoms with Gasteiger partial charge in [-0.05, 0) is 36.1 Å². The zero-order valence-electron chi connectivity index (χ0n) is 12.3. The van der Waals surface area contributed by atoms with E-state index in [2.05, 4.69) is 20.8 Å². The predicted octanol–water partition coefficient (Wildman–Crippen LogP) is -0.105. The predicted molar refractivity (Wildman–Crippen MR) is 79.6 cm³/mol. The van der Waals surface area contributed by atoms with Crippen molar-refractivity contribution in [3.8, 4) is 0 Å². The van der Waals surface area contributed by atoms with Crippen LogP contribution in [0.15, 0.2) is 5.16 Å². The van der Waals surface area contributed by atoms with Crippen molar-refractivity contribution in [2.75, 3.05) is 18.8 Å². The summed E-state index contributed by atoms with van der Waals surface area (Å²) < 4.78 is 36.9. The quantitative estimate of drug-likeness (QED) is 0.554. The van der Waals surface area contributed by atoms with E-state index in [9.17, 15) is 17.1 Å². The molecule has 9 nitrogen and oxygen atoms in total. The Balaban J connectivity index is 1.42. The molecule has 23 heavy (non-hydrogen) atoms. The monoisotopic (exact) mass is 364 g/mol. The smallest absolute Gasteiger partial charge is 0.353 e. The van der Waals surface area contributed by atoms with Crippen LogP contribution in [0.25, 0.3) is 0 Å². The van der Waals surface area contributed by atoms with E-state index >= 15 is 0 Å². The standard InChI is InChI=1S/C11H17FN6O3S2/c12-23(20,21)17-5-3-8(4-6-17)13-10(19)7-22-11-14-15-16-18(11)9-1-2-9/h8-9H,1-7H2,(H,13,19). The van der Waals surface area contributed by atoms with Gasteiger partial charge in [-0.25, -0.2) is 4.68 Å². The topological polar surface area (TPSA) is 110 Å². The molecular formula is C11H17FN6O3S2. The molecule has 0 bridgehead atoms. The summed E-state index contributed by atoms with van der Waals surface area (Å²) in [6.45, 7) is 0.160. The Kier molecular flexibility index (Phi) is 4.82. The van der Waals surface area contributed by atoms with Crippen molar-refractivity contribution in [2.45, 2.75) is 42.9 Å². The number of aromatic nitrogens is 4. The Labute approximate surface area is 137 Å². The van der Waals surface area contributed by atoms with Gasteiger partial charge in [0.15, 0.2) is 0 Å². The minimum atomic E-state index is -4.63. The fourth-order valence-electron chi connectivity index (χ4n) is 2.45. The van der Waals surface area contributed by atoms with Gasteiger partial charge < -0.3 is 5.32 Å². The van der Waals surface area contributed by atoms with Crippen LogP contribution < -0.4 is 5.32 Å². The first-order chi connectivity index (χ1) is 10.9. The Bertz CT molecular complexity index is 669. The third-order valence-corrected chi connectivity index (χ3v) is 5.73. The van der Waals surface area contributed by atoms with Crippen LogP contribution in [-0.4, -0.2) is 63.7 Å². The number of rotatable bonds is 6. The molecule has 0 atom stereocenters. The van der Waals surface area contributed by atoms with Crippen molar-refractivity contribution in [1.29, 1.82) is 0 Å². The highest BCUT2D eigenvalue weighted by Crippen LogP contribution is 2.36. The normalized spacial score (nSPS) is 20.6. The summed E-state index contributed by atoms with van der Waals surface area (Å²) in [7, 11) is -4.63. The third-order valence-electron chi connectivity index (χ3n) is 3.82. The van der Waals surface area contributed by atoms with E-state index in [0.29, 0.717) is 24.0 Å². The number of hydrogen-bond acceptors (Lipinski definition) is 7. The number of nitrogens with one attached hydrogen (secondary N) is 1. The molecule has 2 aliphatic rings. The lowest BCUT2D eigenvalue weighted by atomic mass is 10.1. The van der Waals surface area contributed by atoms with Gasteiger partial charge in [0.2, 0.25) is 11.1 Å². The molecule has 128 valence electrons. The molecule has 3 rings (SSSR count). The van der Waals surface area contributed by atoms with Crippen molar-refractivity contribution in [3.05, 3.63) is 0 Å². The fourth-order valence-corrected chi connectivity index (χ4v) is 3.85. The maximum atomic E-state index is 12.8. The maximum Gasteiger partial charge on any atom is 0.374 e. The minimum Gasteiger partial charge on any atom is -0.353 e. The van der Waals surface area contributed by atoms with Crippen molar-refractivity contribution < 1.29 is 17.1 Å². The third kappa shape index (κ3) is 4.38. The molecule has 1 aromatic rings. The molecule has 1 aliphatic heterocycles. The van der Waals surface area contributed by atoms with Gasteiger partial charge in [0.1, 0.15) is 0 Å². The van der Waals surface area contributed by atoms with Gasteiger partial charge in [0.05, 0.1) is 11.8 Å². The lowest BCUT2D eigenvalue weighted by molar-refractivity contribution is -0.119. The summed E-state index contributed by atoms with van der Waals surface area (Å²) in [6.07, 6.45) is 2.92. The molecule has 1 amide bonds. The van der Waals surface area contributed by atoms with Gasteiger partial charge in [-0.3, -0.25) is 4.79 Å². The molecule has 1 N–H and O–H groups in total. The molecule has 1 saturated carbocycles. The molecule has 0 radical (unpaired) electrons. The van der Waals surface area contributed by atoms with Crippen LogP contribution in [0.1, 0.15) is 31.7 Å². The summed E-state index contributed by atoms with van der Waals surface area (Å²) in [5.74, 6) is 0.0243. The number of carbonyl (C=O) groups excluding carboxylic acids is 1. The van der Waals surface area contributed by atoms with Crippen LogP contribution in [-0.2, 0) is 15.2 Å². The largest absolute Gasteiger partial charge is 0.374 e. The van der Waals surface area contributed by atoms with Gasteiger partial charge in [-0.15, -0.1) is 5.10 Å². The highest BCUT2D eigenvalue weighted by atomic mass is 32.3. The van der Waals surface area contributed by atoms with Crippen LogP contribution >= 0.6 is 11.8 Å². The summed E-state index contributed by atoms with van der Waals surface area (Å²) in [5, 5.41) is 14.9. The lowest BCUT2D eigenvalue weighted by Crippen LogP contribution is -2.46. The first kappa shape index (κ1) is 16.6. The van der Waals surface area contributed by atoms with Crippen LogP contribution in [0, 0.1) is 0 Å². The van der Waals surface area contributed by atoms with Crippen molar-refractivity contribution in [3.63, 3.8) is 0 Å². The first-order valence-electron chi connectivity index (χ1n) is 7.33. The van der Waals surface area contributed by atoms with Crippen molar-refractivity contribution in [1.82, 2.24) is 29.8 Å². The Hall–Kier alpha value is -1.27.